The predicted octanol–water partition coefficient (Wildman–Crippen LogP) is 1.79. The number of aliphatic hydroxyl groups excluding tert-OH is 1. The van der Waals surface area contributed by atoms with Crippen LogP contribution in [0, 0.1) is 5.41 Å². The highest BCUT2D eigenvalue weighted by atomic mass is 16.5. The average molecular weight is 264 g/mol. The molecule has 0 unspecified atom stereocenters. The minimum atomic E-state index is -0.239. The Bertz CT molecular complexity index is 472. The fourth-order valence-corrected chi connectivity index (χ4v) is 2.54. The second kappa shape index (κ2) is 4.39. The van der Waals surface area contributed by atoms with Crippen LogP contribution in [-0.2, 0) is 11.2 Å². The molecule has 0 aliphatic carbocycles. The van der Waals surface area contributed by atoms with Gasteiger partial charge in [-0.2, -0.15) is 0 Å². The molecule has 2 aliphatic rings. The molecule has 19 heavy (non-hydrogen) atoms. The molecule has 2 aliphatic heterocycles. The number of hydrogen-bond donors (Lipinski definition) is 1. The third-order valence-corrected chi connectivity index (χ3v) is 3.74. The van der Waals surface area contributed by atoms with Crippen LogP contribution >= 0.6 is 0 Å². The van der Waals surface area contributed by atoms with Crippen molar-refractivity contribution in [3.8, 4) is 11.5 Å². The zero-order valence-electron chi connectivity index (χ0n) is 11.4. The van der Waals surface area contributed by atoms with Gasteiger partial charge in [-0.15, -0.1) is 0 Å². The fraction of sp³-hybridized carbons (Fsp3) is 0.600. The summed E-state index contributed by atoms with van der Waals surface area (Å²) >= 11 is 0. The Morgan fingerprint density at radius 3 is 2.74 bits per heavy atom. The summed E-state index contributed by atoms with van der Waals surface area (Å²) < 4.78 is 17.0. The zero-order chi connectivity index (χ0) is 13.5. The first-order valence-corrected chi connectivity index (χ1v) is 6.66. The largest absolute Gasteiger partial charge is 0.489 e. The van der Waals surface area contributed by atoms with Gasteiger partial charge in [-0.05, 0) is 19.9 Å². The van der Waals surface area contributed by atoms with Gasteiger partial charge in [0.05, 0.1) is 25.2 Å². The maximum absolute atomic E-state index is 9.40. The molecule has 0 atom stereocenters. The Morgan fingerprint density at radius 1 is 1.32 bits per heavy atom. The maximum Gasteiger partial charge on any atom is 0.165 e. The van der Waals surface area contributed by atoms with E-state index in [1.807, 2.05) is 12.1 Å². The quantitative estimate of drug-likeness (QED) is 0.900. The minimum Gasteiger partial charge on any atom is -0.489 e. The van der Waals surface area contributed by atoms with Crippen LogP contribution in [0.1, 0.15) is 19.4 Å². The van der Waals surface area contributed by atoms with Gasteiger partial charge in [0.1, 0.15) is 12.2 Å². The molecule has 0 spiro atoms. The fourth-order valence-electron chi connectivity index (χ4n) is 2.54. The number of hydrogen-bond acceptors (Lipinski definition) is 4. The van der Waals surface area contributed by atoms with Crippen LogP contribution in [0.2, 0.25) is 0 Å². The van der Waals surface area contributed by atoms with E-state index in [4.69, 9.17) is 14.2 Å². The molecule has 0 bridgehead atoms. The molecule has 104 valence electrons. The van der Waals surface area contributed by atoms with Gasteiger partial charge in [0, 0.05) is 12.0 Å². The molecule has 1 N–H and O–H groups in total. The number of ether oxygens (including phenoxy) is 3. The van der Waals surface area contributed by atoms with E-state index in [1.54, 1.807) is 0 Å². The first kappa shape index (κ1) is 12.8. The molecule has 1 fully saturated rings. The lowest BCUT2D eigenvalue weighted by molar-refractivity contribution is -0.153. The standard InChI is InChI=1S/C15H20O4/c1-14(2)6-11-4-3-5-12(13(11)19-14)18-10-15(7-16)8-17-9-15/h3-5,16H,6-10H2,1-2H3. The van der Waals surface area contributed by atoms with E-state index >= 15 is 0 Å². The molecule has 0 saturated carbocycles. The number of fused-ring (bicyclic) bond motifs is 1. The van der Waals surface area contributed by atoms with Gasteiger partial charge in [-0.1, -0.05) is 12.1 Å². The van der Waals surface area contributed by atoms with E-state index in [1.165, 1.54) is 5.56 Å². The lowest BCUT2D eigenvalue weighted by Gasteiger charge is -2.39. The van der Waals surface area contributed by atoms with Crippen LogP contribution in [0.3, 0.4) is 0 Å². The lowest BCUT2D eigenvalue weighted by atomic mass is 9.88. The molecule has 1 aromatic carbocycles. The zero-order valence-corrected chi connectivity index (χ0v) is 11.4. The molecule has 3 rings (SSSR count). The van der Waals surface area contributed by atoms with Gasteiger partial charge in [-0.3, -0.25) is 0 Å². The molecule has 2 heterocycles. The molecule has 4 heteroatoms. The van der Waals surface area contributed by atoms with Crippen molar-refractivity contribution in [3.63, 3.8) is 0 Å². The smallest absolute Gasteiger partial charge is 0.165 e. The molecular weight excluding hydrogens is 244 g/mol. The van der Waals surface area contributed by atoms with Crippen molar-refractivity contribution in [2.75, 3.05) is 26.4 Å². The van der Waals surface area contributed by atoms with Crippen molar-refractivity contribution >= 4 is 0 Å². The minimum absolute atomic E-state index is 0.0916. The second-order valence-electron chi connectivity index (χ2n) is 6.22. The molecule has 0 aromatic heterocycles. The Balaban J connectivity index is 1.75. The van der Waals surface area contributed by atoms with Crippen molar-refractivity contribution in [1.82, 2.24) is 0 Å². The molecule has 1 aromatic rings. The average Bonchev–Trinajstić information content (AvgIpc) is 2.63. The molecule has 0 radical (unpaired) electrons. The molecule has 1 saturated heterocycles. The van der Waals surface area contributed by atoms with Crippen LogP contribution in [0.25, 0.3) is 0 Å². The normalized spacial score (nSPS) is 22.3. The lowest BCUT2D eigenvalue weighted by Crippen LogP contribution is -2.49. The summed E-state index contributed by atoms with van der Waals surface area (Å²) in [7, 11) is 0. The number of aliphatic hydroxyl groups is 1. The van der Waals surface area contributed by atoms with Gasteiger partial charge < -0.3 is 19.3 Å². The van der Waals surface area contributed by atoms with E-state index in [-0.39, 0.29) is 17.6 Å². The summed E-state index contributed by atoms with van der Waals surface area (Å²) in [6.07, 6.45) is 0.897. The Kier molecular flexibility index (Phi) is 2.95. The first-order chi connectivity index (χ1) is 9.04. The highest BCUT2D eigenvalue weighted by Gasteiger charge is 2.40. The van der Waals surface area contributed by atoms with Crippen molar-refractivity contribution in [3.05, 3.63) is 23.8 Å². The highest BCUT2D eigenvalue weighted by Crippen LogP contribution is 2.42. The van der Waals surface area contributed by atoms with Crippen LogP contribution in [-0.4, -0.2) is 37.1 Å². The van der Waals surface area contributed by atoms with Gasteiger partial charge in [0.15, 0.2) is 11.5 Å². The summed E-state index contributed by atoms with van der Waals surface area (Å²) in [4.78, 5) is 0. The summed E-state index contributed by atoms with van der Waals surface area (Å²) in [5.41, 5.74) is 0.776. The van der Waals surface area contributed by atoms with Crippen LogP contribution in [0.5, 0.6) is 11.5 Å². The van der Waals surface area contributed by atoms with Crippen molar-refractivity contribution in [2.45, 2.75) is 25.9 Å². The van der Waals surface area contributed by atoms with Crippen LogP contribution < -0.4 is 9.47 Å². The Hall–Kier alpha value is -1.26. The van der Waals surface area contributed by atoms with E-state index in [0.717, 1.165) is 17.9 Å². The third kappa shape index (κ3) is 2.30. The summed E-state index contributed by atoms with van der Waals surface area (Å²) in [6, 6.07) is 5.98. The molecular formula is C15H20O4. The van der Waals surface area contributed by atoms with Gasteiger partial charge in [0.2, 0.25) is 0 Å². The number of benzene rings is 1. The highest BCUT2D eigenvalue weighted by molar-refractivity contribution is 5.50. The van der Waals surface area contributed by atoms with Crippen molar-refractivity contribution in [2.24, 2.45) is 5.41 Å². The van der Waals surface area contributed by atoms with Crippen LogP contribution in [0.4, 0.5) is 0 Å². The first-order valence-electron chi connectivity index (χ1n) is 6.66. The van der Waals surface area contributed by atoms with E-state index in [9.17, 15) is 5.11 Å². The monoisotopic (exact) mass is 264 g/mol. The van der Waals surface area contributed by atoms with E-state index in [2.05, 4.69) is 19.9 Å². The summed E-state index contributed by atoms with van der Waals surface area (Å²) in [6.45, 7) is 5.82. The molecule has 0 amide bonds. The Labute approximate surface area is 113 Å². The van der Waals surface area contributed by atoms with Crippen molar-refractivity contribution < 1.29 is 19.3 Å². The molecule has 4 nitrogen and oxygen atoms in total. The van der Waals surface area contributed by atoms with Crippen LogP contribution in [0.15, 0.2) is 18.2 Å². The van der Waals surface area contributed by atoms with E-state index < -0.39 is 0 Å². The topological polar surface area (TPSA) is 47.9 Å². The summed E-state index contributed by atoms with van der Waals surface area (Å²) in [5, 5.41) is 9.40. The van der Waals surface area contributed by atoms with Gasteiger partial charge in [-0.25, -0.2) is 0 Å². The summed E-state index contributed by atoms with van der Waals surface area (Å²) in [5.74, 6) is 1.61. The number of para-hydroxylation sites is 1. The van der Waals surface area contributed by atoms with Crippen molar-refractivity contribution in [1.29, 1.82) is 0 Å². The number of rotatable bonds is 4. The SMILES string of the molecule is CC1(C)Cc2cccc(OCC3(CO)COC3)c2O1. The second-order valence-corrected chi connectivity index (χ2v) is 6.22. The maximum atomic E-state index is 9.40. The van der Waals surface area contributed by atoms with E-state index in [0.29, 0.717) is 19.8 Å². The third-order valence-electron chi connectivity index (χ3n) is 3.74. The predicted molar refractivity (Wildman–Crippen MR) is 70.7 cm³/mol. The van der Waals surface area contributed by atoms with Gasteiger partial charge in [0.25, 0.3) is 0 Å². The Morgan fingerprint density at radius 2 is 2.11 bits per heavy atom. The van der Waals surface area contributed by atoms with Gasteiger partial charge >= 0.3 is 0 Å².